The van der Waals surface area contributed by atoms with Crippen LogP contribution in [-0.4, -0.2) is 36.1 Å². The molecule has 2 heteroatoms. The second-order valence-corrected chi connectivity index (χ2v) is 7.89. The Morgan fingerprint density at radius 2 is 1.57 bits per heavy atom. The lowest BCUT2D eigenvalue weighted by atomic mass is 9.80. The molecule has 0 aromatic rings. The molecular weight excluding hydrogens is 256 g/mol. The van der Waals surface area contributed by atoms with Crippen LogP contribution < -0.4 is 5.32 Å². The Kier molecular flexibility index (Phi) is 9.80. The van der Waals surface area contributed by atoms with Gasteiger partial charge in [0.05, 0.1) is 0 Å². The predicted molar refractivity (Wildman–Crippen MR) is 97.0 cm³/mol. The SMILES string of the molecule is CCCCN(CC(CC)(CC)CNC(C)(C)C)C(C)CC. The molecule has 2 nitrogen and oxygen atoms in total. The lowest BCUT2D eigenvalue weighted by Crippen LogP contribution is -2.50. The molecule has 0 aromatic heterocycles. The summed E-state index contributed by atoms with van der Waals surface area (Å²) >= 11 is 0. The van der Waals surface area contributed by atoms with Crippen molar-refractivity contribution in [1.29, 1.82) is 0 Å². The highest BCUT2D eigenvalue weighted by Gasteiger charge is 2.31. The second-order valence-electron chi connectivity index (χ2n) is 7.89. The maximum atomic E-state index is 3.76. The van der Waals surface area contributed by atoms with E-state index in [-0.39, 0.29) is 5.54 Å². The van der Waals surface area contributed by atoms with E-state index in [9.17, 15) is 0 Å². The second kappa shape index (κ2) is 9.84. The smallest absolute Gasteiger partial charge is 0.00967 e. The number of hydrogen-bond acceptors (Lipinski definition) is 2. The zero-order valence-electron chi connectivity index (χ0n) is 16.2. The molecule has 0 aliphatic carbocycles. The van der Waals surface area contributed by atoms with Crippen molar-refractivity contribution in [2.45, 2.75) is 99.1 Å². The minimum Gasteiger partial charge on any atom is -0.311 e. The van der Waals surface area contributed by atoms with Crippen LogP contribution >= 0.6 is 0 Å². The highest BCUT2D eigenvalue weighted by molar-refractivity contribution is 4.87. The van der Waals surface area contributed by atoms with Gasteiger partial charge in [0, 0.05) is 24.7 Å². The fourth-order valence-electron chi connectivity index (χ4n) is 2.74. The van der Waals surface area contributed by atoms with Crippen molar-refractivity contribution in [3.05, 3.63) is 0 Å². The van der Waals surface area contributed by atoms with E-state index < -0.39 is 0 Å². The van der Waals surface area contributed by atoms with Crippen LogP contribution in [0.15, 0.2) is 0 Å². The van der Waals surface area contributed by atoms with E-state index >= 15 is 0 Å². The average molecular weight is 299 g/mol. The van der Waals surface area contributed by atoms with Gasteiger partial charge in [-0.3, -0.25) is 0 Å². The van der Waals surface area contributed by atoms with Crippen molar-refractivity contribution < 1.29 is 0 Å². The molecule has 21 heavy (non-hydrogen) atoms. The Balaban J connectivity index is 4.88. The Morgan fingerprint density at radius 1 is 1.00 bits per heavy atom. The topological polar surface area (TPSA) is 15.3 Å². The van der Waals surface area contributed by atoms with Crippen molar-refractivity contribution in [2.24, 2.45) is 5.41 Å². The Labute approximate surface area is 135 Å². The maximum Gasteiger partial charge on any atom is 0.00967 e. The molecule has 0 aromatic carbocycles. The van der Waals surface area contributed by atoms with Gasteiger partial charge in [-0.25, -0.2) is 0 Å². The normalized spacial score (nSPS) is 14.7. The van der Waals surface area contributed by atoms with Crippen molar-refractivity contribution >= 4 is 0 Å². The summed E-state index contributed by atoms with van der Waals surface area (Å²) in [5.74, 6) is 0. The van der Waals surface area contributed by atoms with Crippen LogP contribution in [0.1, 0.15) is 87.5 Å². The molecule has 1 N–H and O–H groups in total. The van der Waals surface area contributed by atoms with E-state index in [1.54, 1.807) is 0 Å². The van der Waals surface area contributed by atoms with Crippen LogP contribution in [0.3, 0.4) is 0 Å². The van der Waals surface area contributed by atoms with E-state index in [0.717, 1.165) is 6.54 Å². The first-order valence-corrected chi connectivity index (χ1v) is 9.22. The summed E-state index contributed by atoms with van der Waals surface area (Å²) in [6.07, 6.45) is 6.37. The number of nitrogens with one attached hydrogen (secondary N) is 1. The molecule has 0 amide bonds. The van der Waals surface area contributed by atoms with Crippen LogP contribution in [0.2, 0.25) is 0 Å². The Morgan fingerprint density at radius 3 is 1.95 bits per heavy atom. The number of hydrogen-bond donors (Lipinski definition) is 1. The molecule has 0 rings (SSSR count). The van der Waals surface area contributed by atoms with Gasteiger partial charge in [0.15, 0.2) is 0 Å². The molecule has 0 aliphatic heterocycles. The molecular formula is C19H42N2. The largest absolute Gasteiger partial charge is 0.311 e. The average Bonchev–Trinajstić information content (AvgIpc) is 2.45. The highest BCUT2D eigenvalue weighted by Crippen LogP contribution is 2.29. The van der Waals surface area contributed by atoms with Gasteiger partial charge in [-0.1, -0.05) is 34.1 Å². The molecule has 1 atom stereocenters. The first-order valence-electron chi connectivity index (χ1n) is 9.22. The van der Waals surface area contributed by atoms with E-state index in [0.29, 0.717) is 11.5 Å². The van der Waals surface area contributed by atoms with Crippen LogP contribution in [-0.2, 0) is 0 Å². The number of nitrogens with zero attached hydrogens (tertiary/aromatic N) is 1. The van der Waals surface area contributed by atoms with Gasteiger partial charge in [-0.05, 0) is 65.3 Å². The molecule has 0 fully saturated rings. The summed E-state index contributed by atoms with van der Waals surface area (Å²) in [4.78, 5) is 2.74. The van der Waals surface area contributed by atoms with Gasteiger partial charge >= 0.3 is 0 Å². The highest BCUT2D eigenvalue weighted by atomic mass is 15.2. The van der Waals surface area contributed by atoms with Crippen molar-refractivity contribution in [3.8, 4) is 0 Å². The van der Waals surface area contributed by atoms with Crippen LogP contribution in [0.25, 0.3) is 0 Å². The summed E-state index contributed by atoms with van der Waals surface area (Å²) in [5, 5.41) is 3.76. The van der Waals surface area contributed by atoms with Gasteiger partial charge in [0.25, 0.3) is 0 Å². The Bertz CT molecular complexity index is 251. The van der Waals surface area contributed by atoms with Crippen molar-refractivity contribution in [1.82, 2.24) is 10.2 Å². The maximum absolute atomic E-state index is 3.76. The van der Waals surface area contributed by atoms with Crippen LogP contribution in [0.4, 0.5) is 0 Å². The van der Waals surface area contributed by atoms with Crippen molar-refractivity contribution in [3.63, 3.8) is 0 Å². The summed E-state index contributed by atoms with van der Waals surface area (Å²) in [6.45, 7) is 22.2. The van der Waals surface area contributed by atoms with E-state index in [1.807, 2.05) is 0 Å². The van der Waals surface area contributed by atoms with Gasteiger partial charge < -0.3 is 10.2 Å². The molecule has 0 heterocycles. The van der Waals surface area contributed by atoms with Gasteiger partial charge in [0.1, 0.15) is 0 Å². The third kappa shape index (κ3) is 8.21. The van der Waals surface area contributed by atoms with Crippen LogP contribution in [0.5, 0.6) is 0 Å². The molecule has 0 bridgehead atoms. The molecule has 0 saturated carbocycles. The number of unbranched alkanes of at least 4 members (excludes halogenated alkanes) is 1. The minimum absolute atomic E-state index is 0.209. The molecule has 128 valence electrons. The molecule has 0 aliphatic rings. The predicted octanol–water partition coefficient (Wildman–Crippen LogP) is 5.08. The summed E-state index contributed by atoms with van der Waals surface area (Å²) in [6, 6.07) is 0.698. The quantitative estimate of drug-likeness (QED) is 0.572. The number of rotatable bonds is 11. The molecule has 0 radical (unpaired) electrons. The summed E-state index contributed by atoms with van der Waals surface area (Å²) in [5.41, 5.74) is 0.616. The first-order chi connectivity index (χ1) is 9.73. The van der Waals surface area contributed by atoms with Gasteiger partial charge in [0.2, 0.25) is 0 Å². The first kappa shape index (κ1) is 20.9. The van der Waals surface area contributed by atoms with Crippen molar-refractivity contribution in [2.75, 3.05) is 19.6 Å². The fraction of sp³-hybridized carbons (Fsp3) is 1.00. The molecule has 0 spiro atoms. The Hall–Kier alpha value is -0.0800. The standard InChI is InChI=1S/C19H42N2/c1-9-13-14-21(17(5)10-2)16-19(11-3,12-4)15-20-18(6,7)8/h17,20H,9-16H2,1-8H3. The molecule has 1 unspecified atom stereocenters. The zero-order chi connectivity index (χ0) is 16.5. The zero-order valence-corrected chi connectivity index (χ0v) is 16.2. The monoisotopic (exact) mass is 298 g/mol. The van der Waals surface area contributed by atoms with E-state index in [2.05, 4.69) is 65.6 Å². The lowest BCUT2D eigenvalue weighted by molar-refractivity contribution is 0.0947. The lowest BCUT2D eigenvalue weighted by Gasteiger charge is -2.41. The summed E-state index contributed by atoms with van der Waals surface area (Å²) in [7, 11) is 0. The summed E-state index contributed by atoms with van der Waals surface area (Å²) < 4.78 is 0. The van der Waals surface area contributed by atoms with Gasteiger partial charge in [-0.2, -0.15) is 0 Å². The third-order valence-electron chi connectivity index (χ3n) is 5.05. The molecule has 0 saturated heterocycles. The minimum atomic E-state index is 0.209. The third-order valence-corrected chi connectivity index (χ3v) is 5.05. The van der Waals surface area contributed by atoms with Gasteiger partial charge in [-0.15, -0.1) is 0 Å². The van der Waals surface area contributed by atoms with E-state index in [1.165, 1.54) is 45.2 Å². The fourth-order valence-corrected chi connectivity index (χ4v) is 2.74. The van der Waals surface area contributed by atoms with E-state index in [4.69, 9.17) is 0 Å². The van der Waals surface area contributed by atoms with Crippen LogP contribution in [0, 0.1) is 5.41 Å².